The molecule has 0 fully saturated rings. The van der Waals surface area contributed by atoms with E-state index in [0.717, 1.165) is 15.1 Å². The maximum atomic E-state index is 10.2. The average molecular weight is 310 g/mol. The summed E-state index contributed by atoms with van der Waals surface area (Å²) in [5, 5.41) is 3.26. The Balaban J connectivity index is 2.08. The van der Waals surface area contributed by atoms with Crippen LogP contribution in [0, 0.1) is 0 Å². The second-order valence-electron chi connectivity index (χ2n) is 3.07. The van der Waals surface area contributed by atoms with Crippen molar-refractivity contribution in [1.29, 1.82) is 0 Å². The first-order valence-corrected chi connectivity index (χ1v) is 6.34. The molecule has 0 saturated heterocycles. The molecule has 0 spiro atoms. The summed E-state index contributed by atoms with van der Waals surface area (Å²) in [7, 11) is 0. The van der Waals surface area contributed by atoms with Gasteiger partial charge < -0.3 is 5.32 Å². The molecule has 1 N–H and O–H groups in total. The normalized spacial score (nSPS) is 9.94. The van der Waals surface area contributed by atoms with E-state index in [1.165, 1.54) is 11.8 Å². The topological polar surface area (TPSA) is 54.9 Å². The van der Waals surface area contributed by atoms with E-state index in [-0.39, 0.29) is 0 Å². The van der Waals surface area contributed by atoms with Crippen LogP contribution in [0.1, 0.15) is 0 Å². The SMILES string of the molecule is O=CNc1ccc(Sc2ncc(Br)cn2)cc1. The van der Waals surface area contributed by atoms with Gasteiger partial charge in [-0.25, -0.2) is 9.97 Å². The minimum atomic E-state index is 0.653. The molecule has 86 valence electrons. The number of benzene rings is 1. The van der Waals surface area contributed by atoms with Gasteiger partial charge in [0, 0.05) is 23.0 Å². The fourth-order valence-electron chi connectivity index (χ4n) is 1.15. The summed E-state index contributed by atoms with van der Waals surface area (Å²) in [4.78, 5) is 19.6. The Bertz CT molecular complexity index is 501. The number of carbonyl (C=O) groups excluding carboxylic acids is 1. The zero-order valence-electron chi connectivity index (χ0n) is 8.63. The van der Waals surface area contributed by atoms with Gasteiger partial charge >= 0.3 is 0 Å². The van der Waals surface area contributed by atoms with Crippen LogP contribution >= 0.6 is 27.7 Å². The zero-order valence-corrected chi connectivity index (χ0v) is 11.0. The van der Waals surface area contributed by atoms with Gasteiger partial charge in [-0.2, -0.15) is 0 Å². The molecule has 0 aliphatic heterocycles. The molecule has 6 heteroatoms. The Morgan fingerprint density at radius 2 is 1.82 bits per heavy atom. The molecule has 0 aliphatic rings. The lowest BCUT2D eigenvalue weighted by atomic mass is 10.3. The van der Waals surface area contributed by atoms with Gasteiger partial charge in [-0.3, -0.25) is 4.79 Å². The number of hydrogen-bond acceptors (Lipinski definition) is 4. The van der Waals surface area contributed by atoms with Crippen LogP contribution in [0.5, 0.6) is 0 Å². The Hall–Kier alpha value is -1.40. The van der Waals surface area contributed by atoms with Crippen LogP contribution in [-0.4, -0.2) is 16.4 Å². The second-order valence-corrected chi connectivity index (χ2v) is 5.03. The number of nitrogens with one attached hydrogen (secondary N) is 1. The van der Waals surface area contributed by atoms with Gasteiger partial charge in [0.1, 0.15) is 0 Å². The molecule has 0 aliphatic carbocycles. The molecule has 0 bridgehead atoms. The molecule has 0 radical (unpaired) electrons. The lowest BCUT2D eigenvalue weighted by Crippen LogP contribution is -1.92. The van der Waals surface area contributed by atoms with Crippen LogP contribution in [0.3, 0.4) is 0 Å². The Labute approximate surface area is 111 Å². The molecule has 1 aromatic carbocycles. The van der Waals surface area contributed by atoms with Gasteiger partial charge in [0.05, 0.1) is 4.47 Å². The summed E-state index contributed by atoms with van der Waals surface area (Å²) in [6.07, 6.45) is 4.06. The highest BCUT2D eigenvalue weighted by molar-refractivity contribution is 9.10. The molecule has 4 nitrogen and oxygen atoms in total. The zero-order chi connectivity index (χ0) is 12.1. The molecular formula is C11H8BrN3OS. The van der Waals surface area contributed by atoms with Crippen molar-refractivity contribution >= 4 is 39.8 Å². The number of hydrogen-bond donors (Lipinski definition) is 1. The lowest BCUT2D eigenvalue weighted by Gasteiger charge is -2.02. The minimum absolute atomic E-state index is 0.653. The van der Waals surface area contributed by atoms with Crippen LogP contribution in [0.15, 0.2) is 51.2 Å². The van der Waals surface area contributed by atoms with Crippen molar-refractivity contribution in [3.63, 3.8) is 0 Å². The largest absolute Gasteiger partial charge is 0.329 e. The lowest BCUT2D eigenvalue weighted by molar-refractivity contribution is -0.105. The van der Waals surface area contributed by atoms with E-state index in [9.17, 15) is 4.79 Å². The fraction of sp³-hybridized carbons (Fsp3) is 0. The predicted molar refractivity (Wildman–Crippen MR) is 70.0 cm³/mol. The number of aromatic nitrogens is 2. The molecule has 17 heavy (non-hydrogen) atoms. The molecule has 1 aromatic heterocycles. The second kappa shape index (κ2) is 5.79. The molecule has 2 aromatic rings. The quantitative estimate of drug-likeness (QED) is 0.697. The highest BCUT2D eigenvalue weighted by Gasteiger charge is 2.00. The fourth-order valence-corrected chi connectivity index (χ4v) is 2.04. The smallest absolute Gasteiger partial charge is 0.211 e. The third kappa shape index (κ3) is 3.54. The third-order valence-electron chi connectivity index (χ3n) is 1.89. The van der Waals surface area contributed by atoms with Crippen molar-refractivity contribution in [2.75, 3.05) is 5.32 Å². The van der Waals surface area contributed by atoms with Crippen molar-refractivity contribution in [2.45, 2.75) is 10.1 Å². The molecule has 0 saturated carbocycles. The van der Waals surface area contributed by atoms with Gasteiger partial charge in [-0.05, 0) is 52.0 Å². The number of anilines is 1. The molecule has 1 heterocycles. The van der Waals surface area contributed by atoms with E-state index in [4.69, 9.17) is 0 Å². The standard InChI is InChI=1S/C11H8BrN3OS/c12-8-5-13-11(14-6-8)17-10-3-1-9(2-4-10)15-7-16/h1-7H,(H,15,16). The van der Waals surface area contributed by atoms with Crippen molar-refractivity contribution in [2.24, 2.45) is 0 Å². The third-order valence-corrected chi connectivity index (χ3v) is 3.20. The van der Waals surface area contributed by atoms with Crippen molar-refractivity contribution in [1.82, 2.24) is 9.97 Å². The van der Waals surface area contributed by atoms with Gasteiger partial charge in [-0.1, -0.05) is 0 Å². The summed E-state index contributed by atoms with van der Waals surface area (Å²) < 4.78 is 0.854. The molecule has 0 unspecified atom stereocenters. The van der Waals surface area contributed by atoms with E-state index >= 15 is 0 Å². The summed E-state index contributed by atoms with van der Waals surface area (Å²) in [5.74, 6) is 0. The van der Waals surface area contributed by atoms with Crippen molar-refractivity contribution < 1.29 is 4.79 Å². The van der Waals surface area contributed by atoms with E-state index < -0.39 is 0 Å². The number of halogens is 1. The number of carbonyl (C=O) groups is 1. The molecule has 1 amide bonds. The van der Waals surface area contributed by atoms with E-state index in [1.54, 1.807) is 12.4 Å². The van der Waals surface area contributed by atoms with Crippen LogP contribution in [0.2, 0.25) is 0 Å². The predicted octanol–water partition coefficient (Wildman–Crippen LogP) is 2.96. The van der Waals surface area contributed by atoms with Crippen molar-refractivity contribution in [3.8, 4) is 0 Å². The van der Waals surface area contributed by atoms with Gasteiger partial charge in [-0.15, -0.1) is 0 Å². The number of nitrogens with zero attached hydrogens (tertiary/aromatic N) is 2. The first-order chi connectivity index (χ1) is 8.28. The first-order valence-electron chi connectivity index (χ1n) is 4.73. The van der Waals surface area contributed by atoms with E-state index in [2.05, 4.69) is 31.2 Å². The summed E-state index contributed by atoms with van der Waals surface area (Å²) in [5.41, 5.74) is 0.765. The van der Waals surface area contributed by atoms with E-state index in [1.807, 2.05) is 24.3 Å². The minimum Gasteiger partial charge on any atom is -0.329 e. The van der Waals surface area contributed by atoms with Crippen LogP contribution in [0.25, 0.3) is 0 Å². The van der Waals surface area contributed by atoms with Gasteiger partial charge in [0.2, 0.25) is 6.41 Å². The van der Waals surface area contributed by atoms with E-state index in [0.29, 0.717) is 11.6 Å². The Morgan fingerprint density at radius 3 is 2.41 bits per heavy atom. The first kappa shape index (κ1) is 12.1. The summed E-state index contributed by atoms with van der Waals surface area (Å²) in [6, 6.07) is 7.47. The number of amides is 1. The highest BCUT2D eigenvalue weighted by Crippen LogP contribution is 2.25. The number of rotatable bonds is 4. The Morgan fingerprint density at radius 1 is 1.18 bits per heavy atom. The van der Waals surface area contributed by atoms with Gasteiger partial charge in [0.25, 0.3) is 0 Å². The van der Waals surface area contributed by atoms with Crippen molar-refractivity contribution in [3.05, 3.63) is 41.1 Å². The molecular weight excluding hydrogens is 302 g/mol. The molecule has 2 rings (SSSR count). The summed E-state index contributed by atoms with van der Waals surface area (Å²) >= 11 is 4.75. The van der Waals surface area contributed by atoms with Crippen LogP contribution < -0.4 is 5.32 Å². The Kier molecular flexibility index (Phi) is 4.11. The maximum Gasteiger partial charge on any atom is 0.211 e. The maximum absolute atomic E-state index is 10.2. The monoisotopic (exact) mass is 309 g/mol. The molecule has 0 atom stereocenters. The van der Waals surface area contributed by atoms with Crippen LogP contribution in [0.4, 0.5) is 5.69 Å². The summed E-state index contributed by atoms with van der Waals surface area (Å²) in [6.45, 7) is 0. The highest BCUT2D eigenvalue weighted by atomic mass is 79.9. The average Bonchev–Trinajstić information content (AvgIpc) is 2.35. The van der Waals surface area contributed by atoms with Gasteiger partial charge in [0.15, 0.2) is 5.16 Å². The van der Waals surface area contributed by atoms with Crippen LogP contribution in [-0.2, 0) is 4.79 Å².